The predicted molar refractivity (Wildman–Crippen MR) is 64.4 cm³/mol. The summed E-state index contributed by atoms with van der Waals surface area (Å²) in [5.74, 6) is 0.120. The largest absolute Gasteiger partial charge is 0.465 e. The summed E-state index contributed by atoms with van der Waals surface area (Å²) in [4.78, 5) is 23.9. The van der Waals surface area contributed by atoms with Crippen molar-refractivity contribution < 1.29 is 14.3 Å². The van der Waals surface area contributed by atoms with Gasteiger partial charge in [0.2, 0.25) is 0 Å². The molecule has 0 aromatic rings. The Balaban J connectivity index is 2.40. The fraction of sp³-hybridized carbons (Fsp3) is 0.714. The van der Waals surface area contributed by atoms with E-state index in [1.165, 1.54) is 0 Å². The molecule has 0 aromatic heterocycles. The molecule has 2 aliphatic rings. The number of hydrogen-bond acceptors (Lipinski definition) is 3. The molecule has 1 fully saturated rings. The number of rotatable bonds is 2. The van der Waals surface area contributed by atoms with E-state index in [1.54, 1.807) is 6.08 Å². The molecule has 0 heterocycles. The van der Waals surface area contributed by atoms with E-state index in [0.29, 0.717) is 13.0 Å². The summed E-state index contributed by atoms with van der Waals surface area (Å²) in [5.41, 5.74) is 0.522. The summed E-state index contributed by atoms with van der Waals surface area (Å²) in [6.45, 7) is 4.25. The van der Waals surface area contributed by atoms with Gasteiger partial charge < -0.3 is 4.74 Å². The number of fused-ring (bicyclic) bond motifs is 1. The Morgan fingerprint density at radius 3 is 3.00 bits per heavy atom. The van der Waals surface area contributed by atoms with Gasteiger partial charge in [-0.1, -0.05) is 13.3 Å². The van der Waals surface area contributed by atoms with E-state index in [1.807, 2.05) is 13.8 Å². The van der Waals surface area contributed by atoms with E-state index in [0.717, 1.165) is 31.3 Å². The van der Waals surface area contributed by atoms with Gasteiger partial charge in [-0.05, 0) is 43.8 Å². The van der Waals surface area contributed by atoms with Crippen molar-refractivity contribution in [1.82, 2.24) is 0 Å². The molecule has 2 aliphatic carbocycles. The fourth-order valence-electron chi connectivity index (χ4n) is 3.29. The van der Waals surface area contributed by atoms with Gasteiger partial charge in [0.25, 0.3) is 0 Å². The van der Waals surface area contributed by atoms with E-state index in [4.69, 9.17) is 4.74 Å². The van der Waals surface area contributed by atoms with Crippen LogP contribution >= 0.6 is 0 Å². The lowest BCUT2D eigenvalue weighted by Gasteiger charge is -2.43. The lowest BCUT2D eigenvalue weighted by Crippen LogP contribution is -2.45. The minimum absolute atomic E-state index is 0.0781. The number of esters is 1. The van der Waals surface area contributed by atoms with Gasteiger partial charge >= 0.3 is 5.97 Å². The van der Waals surface area contributed by atoms with Gasteiger partial charge in [-0.15, -0.1) is 0 Å². The summed E-state index contributed by atoms with van der Waals surface area (Å²) in [6, 6.07) is 0. The highest BCUT2D eigenvalue weighted by molar-refractivity contribution is 5.95. The van der Waals surface area contributed by atoms with Crippen molar-refractivity contribution in [3.63, 3.8) is 0 Å². The number of ether oxygens (including phenoxy) is 1. The molecule has 3 heteroatoms. The second kappa shape index (κ2) is 4.63. The van der Waals surface area contributed by atoms with Gasteiger partial charge in [0.15, 0.2) is 5.78 Å². The molecule has 17 heavy (non-hydrogen) atoms. The average Bonchev–Trinajstić information content (AvgIpc) is 2.29. The first kappa shape index (κ1) is 12.3. The molecule has 2 rings (SSSR count). The molecule has 0 radical (unpaired) electrons. The first-order valence-electron chi connectivity index (χ1n) is 6.52. The minimum atomic E-state index is -0.498. The third kappa shape index (κ3) is 1.92. The van der Waals surface area contributed by atoms with Crippen LogP contribution in [0.15, 0.2) is 11.6 Å². The first-order chi connectivity index (χ1) is 8.11. The van der Waals surface area contributed by atoms with Gasteiger partial charge in [-0.2, -0.15) is 0 Å². The van der Waals surface area contributed by atoms with Crippen molar-refractivity contribution in [3.8, 4) is 0 Å². The van der Waals surface area contributed by atoms with Crippen molar-refractivity contribution in [1.29, 1.82) is 0 Å². The summed E-state index contributed by atoms with van der Waals surface area (Å²) >= 11 is 0. The molecule has 1 saturated carbocycles. The molecule has 0 spiro atoms. The van der Waals surface area contributed by atoms with E-state index in [9.17, 15) is 9.59 Å². The Morgan fingerprint density at radius 2 is 2.29 bits per heavy atom. The Hall–Kier alpha value is -1.12. The number of hydrogen-bond donors (Lipinski definition) is 0. The van der Waals surface area contributed by atoms with Crippen LogP contribution in [0.1, 0.15) is 46.0 Å². The van der Waals surface area contributed by atoms with E-state index >= 15 is 0 Å². The first-order valence-corrected chi connectivity index (χ1v) is 6.52. The number of allylic oxidation sites excluding steroid dienone is 1. The highest BCUT2D eigenvalue weighted by Gasteiger charge is 2.51. The van der Waals surface area contributed by atoms with Crippen molar-refractivity contribution in [3.05, 3.63) is 11.6 Å². The van der Waals surface area contributed by atoms with Crippen LogP contribution in [-0.2, 0) is 14.3 Å². The van der Waals surface area contributed by atoms with Crippen LogP contribution in [0.4, 0.5) is 0 Å². The molecule has 0 amide bonds. The van der Waals surface area contributed by atoms with Gasteiger partial charge in [0.1, 0.15) is 0 Å². The topological polar surface area (TPSA) is 43.4 Å². The second-order valence-electron chi connectivity index (χ2n) is 5.14. The Bertz CT molecular complexity index is 370. The van der Waals surface area contributed by atoms with Crippen molar-refractivity contribution in [2.45, 2.75) is 46.0 Å². The molecule has 0 bridgehead atoms. The highest BCUT2D eigenvalue weighted by atomic mass is 16.5. The highest BCUT2D eigenvalue weighted by Crippen LogP contribution is 2.50. The van der Waals surface area contributed by atoms with Crippen LogP contribution < -0.4 is 0 Å². The SMILES string of the molecule is CCOC(=O)C12CCCCC1=CC(=O)CC2C. The summed E-state index contributed by atoms with van der Waals surface area (Å²) < 4.78 is 5.26. The van der Waals surface area contributed by atoms with Crippen LogP contribution in [0.2, 0.25) is 0 Å². The third-order valence-electron chi connectivity index (χ3n) is 4.16. The number of carbonyl (C=O) groups excluding carboxylic acids is 2. The Labute approximate surface area is 102 Å². The Morgan fingerprint density at radius 1 is 1.53 bits per heavy atom. The van der Waals surface area contributed by atoms with Gasteiger partial charge in [0.05, 0.1) is 12.0 Å². The molecule has 0 saturated heterocycles. The summed E-state index contributed by atoms with van der Waals surface area (Å²) in [7, 11) is 0. The second-order valence-corrected chi connectivity index (χ2v) is 5.14. The quantitative estimate of drug-likeness (QED) is 0.692. The minimum Gasteiger partial charge on any atom is -0.465 e. The molecule has 0 N–H and O–H groups in total. The summed E-state index contributed by atoms with van der Waals surface area (Å²) in [5, 5.41) is 0. The molecule has 2 unspecified atom stereocenters. The lowest BCUT2D eigenvalue weighted by molar-refractivity contribution is -0.158. The molecular weight excluding hydrogens is 216 g/mol. The van der Waals surface area contributed by atoms with Crippen LogP contribution in [-0.4, -0.2) is 18.4 Å². The maximum Gasteiger partial charge on any atom is 0.316 e. The molecule has 0 aromatic carbocycles. The van der Waals surface area contributed by atoms with Crippen molar-refractivity contribution >= 4 is 11.8 Å². The maximum atomic E-state index is 12.3. The van der Waals surface area contributed by atoms with Gasteiger partial charge in [-0.3, -0.25) is 9.59 Å². The molecule has 2 atom stereocenters. The fourth-order valence-corrected chi connectivity index (χ4v) is 3.29. The zero-order valence-corrected chi connectivity index (χ0v) is 10.6. The lowest BCUT2D eigenvalue weighted by atomic mass is 9.59. The van der Waals surface area contributed by atoms with Crippen LogP contribution in [0.25, 0.3) is 0 Å². The Kier molecular flexibility index (Phi) is 3.36. The van der Waals surface area contributed by atoms with E-state index in [-0.39, 0.29) is 17.7 Å². The predicted octanol–water partition coefficient (Wildman–Crippen LogP) is 2.65. The number of carbonyl (C=O) groups is 2. The van der Waals surface area contributed by atoms with Crippen LogP contribution in [0.3, 0.4) is 0 Å². The van der Waals surface area contributed by atoms with E-state index < -0.39 is 5.41 Å². The monoisotopic (exact) mass is 236 g/mol. The number of ketones is 1. The standard InChI is InChI=1S/C14H20O3/c1-3-17-13(16)14-7-5-4-6-11(14)9-12(15)8-10(14)2/h9-10H,3-8H2,1-2H3. The summed E-state index contributed by atoms with van der Waals surface area (Å²) in [6.07, 6.45) is 6.01. The van der Waals surface area contributed by atoms with Crippen LogP contribution in [0.5, 0.6) is 0 Å². The van der Waals surface area contributed by atoms with Gasteiger partial charge in [-0.25, -0.2) is 0 Å². The zero-order chi connectivity index (χ0) is 12.5. The zero-order valence-electron chi connectivity index (χ0n) is 10.6. The average molecular weight is 236 g/mol. The molecular formula is C14H20O3. The molecule has 94 valence electrons. The maximum absolute atomic E-state index is 12.3. The third-order valence-corrected chi connectivity index (χ3v) is 4.16. The normalized spacial score (nSPS) is 32.7. The molecule has 3 nitrogen and oxygen atoms in total. The molecule has 0 aliphatic heterocycles. The van der Waals surface area contributed by atoms with Crippen molar-refractivity contribution in [2.75, 3.05) is 6.61 Å². The van der Waals surface area contributed by atoms with Crippen molar-refractivity contribution in [2.24, 2.45) is 11.3 Å². The van der Waals surface area contributed by atoms with E-state index in [2.05, 4.69) is 0 Å². The smallest absolute Gasteiger partial charge is 0.316 e. The van der Waals surface area contributed by atoms with Gasteiger partial charge in [0, 0.05) is 6.42 Å². The van der Waals surface area contributed by atoms with Crippen LogP contribution in [0, 0.1) is 11.3 Å².